The number of benzene rings is 1. The molecular weight excluding hydrogens is 366 g/mol. The molecule has 3 aromatic rings. The van der Waals surface area contributed by atoms with Crippen molar-refractivity contribution >= 4 is 17.5 Å². The maximum absolute atomic E-state index is 12.8. The van der Waals surface area contributed by atoms with Crippen LogP contribution in [-0.4, -0.2) is 39.0 Å². The van der Waals surface area contributed by atoms with Crippen molar-refractivity contribution in [3.63, 3.8) is 0 Å². The molecule has 0 radical (unpaired) electrons. The van der Waals surface area contributed by atoms with Gasteiger partial charge in [-0.2, -0.15) is 0 Å². The van der Waals surface area contributed by atoms with Crippen molar-refractivity contribution in [1.29, 1.82) is 0 Å². The zero-order chi connectivity index (χ0) is 19.4. The number of halogens is 1. The zero-order valence-corrected chi connectivity index (χ0v) is 16.1. The second kappa shape index (κ2) is 8.18. The number of carbonyl (C=O) groups is 1. The fraction of sp³-hybridized carbons (Fsp3) is 0.263. The molecule has 0 aliphatic heterocycles. The number of hydrogen-bond donors (Lipinski definition) is 1. The van der Waals surface area contributed by atoms with Crippen LogP contribution in [0, 0.1) is 0 Å². The van der Waals surface area contributed by atoms with E-state index in [0.29, 0.717) is 22.2 Å². The fourth-order valence-electron chi connectivity index (χ4n) is 2.60. The Hall–Kier alpha value is -2.93. The first-order chi connectivity index (χ1) is 13.0. The highest BCUT2D eigenvalue weighted by atomic mass is 35.5. The normalized spacial score (nSPS) is 11.9. The lowest BCUT2D eigenvalue weighted by atomic mass is 10.1. The third-order valence-electron chi connectivity index (χ3n) is 4.20. The van der Waals surface area contributed by atoms with E-state index in [9.17, 15) is 4.79 Å². The molecular formula is C19H20ClN5O2. The second-order valence-corrected chi connectivity index (χ2v) is 6.47. The predicted molar refractivity (Wildman–Crippen MR) is 103 cm³/mol. The SMILES string of the molecule is CCC(C)NC(=O)c1nnn(-c2cc(Cl)ccc2OC)c1-c1ccncc1. The summed E-state index contributed by atoms with van der Waals surface area (Å²) in [4.78, 5) is 16.8. The topological polar surface area (TPSA) is 81.9 Å². The number of amides is 1. The van der Waals surface area contributed by atoms with Crippen LogP contribution < -0.4 is 10.1 Å². The lowest BCUT2D eigenvalue weighted by Crippen LogP contribution is -2.32. The van der Waals surface area contributed by atoms with Crippen molar-refractivity contribution < 1.29 is 9.53 Å². The van der Waals surface area contributed by atoms with E-state index in [2.05, 4.69) is 20.6 Å². The van der Waals surface area contributed by atoms with Gasteiger partial charge in [0.15, 0.2) is 5.69 Å². The van der Waals surface area contributed by atoms with Gasteiger partial charge in [-0.05, 0) is 43.7 Å². The number of pyridine rings is 1. The molecule has 8 heteroatoms. The molecule has 1 N–H and O–H groups in total. The molecule has 1 amide bonds. The van der Waals surface area contributed by atoms with Crippen molar-refractivity contribution in [2.24, 2.45) is 0 Å². The molecule has 0 saturated carbocycles. The highest BCUT2D eigenvalue weighted by Crippen LogP contribution is 2.31. The van der Waals surface area contributed by atoms with Crippen LogP contribution in [0.1, 0.15) is 30.8 Å². The second-order valence-electron chi connectivity index (χ2n) is 6.03. The van der Waals surface area contributed by atoms with Gasteiger partial charge in [-0.1, -0.05) is 23.7 Å². The molecule has 0 spiro atoms. The molecule has 3 rings (SSSR count). The molecule has 0 aliphatic rings. The number of methoxy groups -OCH3 is 1. The van der Waals surface area contributed by atoms with Gasteiger partial charge >= 0.3 is 0 Å². The van der Waals surface area contributed by atoms with Gasteiger partial charge in [-0.3, -0.25) is 9.78 Å². The summed E-state index contributed by atoms with van der Waals surface area (Å²) >= 11 is 6.17. The number of ether oxygens (including phenoxy) is 1. The first-order valence-electron chi connectivity index (χ1n) is 8.56. The third-order valence-corrected chi connectivity index (χ3v) is 4.43. The van der Waals surface area contributed by atoms with Crippen molar-refractivity contribution in [3.05, 3.63) is 53.4 Å². The number of hydrogen-bond acceptors (Lipinski definition) is 5. The Kier molecular flexibility index (Phi) is 5.71. The molecule has 2 aromatic heterocycles. The van der Waals surface area contributed by atoms with Crippen molar-refractivity contribution in [1.82, 2.24) is 25.3 Å². The molecule has 0 saturated heterocycles. The molecule has 1 atom stereocenters. The van der Waals surface area contributed by atoms with Crippen LogP contribution in [0.2, 0.25) is 5.02 Å². The van der Waals surface area contributed by atoms with E-state index in [1.807, 2.05) is 13.8 Å². The smallest absolute Gasteiger partial charge is 0.274 e. The largest absolute Gasteiger partial charge is 0.494 e. The Morgan fingerprint density at radius 3 is 2.70 bits per heavy atom. The van der Waals surface area contributed by atoms with Gasteiger partial charge in [0.1, 0.15) is 17.1 Å². The maximum atomic E-state index is 12.8. The maximum Gasteiger partial charge on any atom is 0.274 e. The molecule has 1 unspecified atom stereocenters. The average molecular weight is 386 g/mol. The molecule has 0 bridgehead atoms. The highest BCUT2D eigenvalue weighted by molar-refractivity contribution is 6.30. The highest BCUT2D eigenvalue weighted by Gasteiger charge is 2.24. The quantitative estimate of drug-likeness (QED) is 0.702. The summed E-state index contributed by atoms with van der Waals surface area (Å²) in [5.41, 5.74) is 2.11. The first-order valence-corrected chi connectivity index (χ1v) is 8.93. The van der Waals surface area contributed by atoms with Gasteiger partial charge in [-0.15, -0.1) is 5.10 Å². The van der Waals surface area contributed by atoms with E-state index in [4.69, 9.17) is 16.3 Å². The summed E-state index contributed by atoms with van der Waals surface area (Å²) in [7, 11) is 1.56. The van der Waals surface area contributed by atoms with E-state index in [-0.39, 0.29) is 17.6 Å². The summed E-state index contributed by atoms with van der Waals surface area (Å²) in [6, 6.07) is 8.81. The summed E-state index contributed by atoms with van der Waals surface area (Å²) in [5.74, 6) is 0.275. The monoisotopic (exact) mass is 385 g/mol. The van der Waals surface area contributed by atoms with Crippen LogP contribution in [0.3, 0.4) is 0 Å². The van der Waals surface area contributed by atoms with Crippen molar-refractivity contribution in [2.45, 2.75) is 26.3 Å². The van der Waals surface area contributed by atoms with Gasteiger partial charge < -0.3 is 10.1 Å². The fourth-order valence-corrected chi connectivity index (χ4v) is 2.76. The van der Waals surface area contributed by atoms with Crippen LogP contribution in [0.4, 0.5) is 0 Å². The minimum absolute atomic E-state index is 0.0219. The summed E-state index contributed by atoms with van der Waals surface area (Å²) < 4.78 is 7.00. The number of nitrogens with zero attached hydrogens (tertiary/aromatic N) is 4. The molecule has 1 aromatic carbocycles. The van der Waals surface area contributed by atoms with Crippen LogP contribution >= 0.6 is 11.6 Å². The van der Waals surface area contributed by atoms with Crippen LogP contribution in [-0.2, 0) is 0 Å². The Morgan fingerprint density at radius 2 is 2.04 bits per heavy atom. The van der Waals surface area contributed by atoms with Gasteiger partial charge in [0.2, 0.25) is 0 Å². The van der Waals surface area contributed by atoms with Crippen LogP contribution in [0.15, 0.2) is 42.7 Å². The zero-order valence-electron chi connectivity index (χ0n) is 15.3. The average Bonchev–Trinajstić information content (AvgIpc) is 3.13. The Bertz CT molecular complexity index is 943. The van der Waals surface area contributed by atoms with E-state index < -0.39 is 0 Å². The first kappa shape index (κ1) is 18.8. The van der Waals surface area contributed by atoms with E-state index in [0.717, 1.165) is 12.0 Å². The standard InChI is InChI=1S/C19H20ClN5O2/c1-4-12(2)22-19(26)17-18(13-7-9-21-10-8-13)25(24-23-17)15-11-14(20)5-6-16(15)27-3/h5-12H,4H2,1-3H3,(H,22,26). The minimum atomic E-state index is -0.289. The molecule has 7 nitrogen and oxygen atoms in total. The van der Waals surface area contributed by atoms with Gasteiger partial charge in [0.05, 0.1) is 7.11 Å². The van der Waals surface area contributed by atoms with Gasteiger partial charge in [-0.25, -0.2) is 4.68 Å². The Labute approximate surface area is 162 Å². The molecule has 27 heavy (non-hydrogen) atoms. The van der Waals surface area contributed by atoms with E-state index in [1.54, 1.807) is 54.5 Å². The number of aromatic nitrogens is 4. The number of nitrogens with one attached hydrogen (secondary N) is 1. The van der Waals surface area contributed by atoms with Crippen LogP contribution in [0.25, 0.3) is 16.9 Å². The number of carbonyl (C=O) groups excluding carboxylic acids is 1. The third kappa shape index (κ3) is 3.93. The molecule has 2 heterocycles. The van der Waals surface area contributed by atoms with Crippen molar-refractivity contribution in [2.75, 3.05) is 7.11 Å². The predicted octanol–water partition coefficient (Wildman–Crippen LogP) is 3.52. The molecule has 140 valence electrons. The summed E-state index contributed by atoms with van der Waals surface area (Å²) in [6.07, 6.45) is 4.11. The van der Waals surface area contributed by atoms with Crippen LogP contribution in [0.5, 0.6) is 5.75 Å². The van der Waals surface area contributed by atoms with Gasteiger partial charge in [0.25, 0.3) is 5.91 Å². The Morgan fingerprint density at radius 1 is 1.30 bits per heavy atom. The van der Waals surface area contributed by atoms with Gasteiger partial charge in [0, 0.05) is 29.0 Å². The van der Waals surface area contributed by atoms with E-state index in [1.165, 1.54) is 0 Å². The number of rotatable bonds is 6. The molecule has 0 aliphatic carbocycles. The summed E-state index contributed by atoms with van der Waals surface area (Å²) in [6.45, 7) is 3.94. The lowest BCUT2D eigenvalue weighted by Gasteiger charge is -2.13. The lowest BCUT2D eigenvalue weighted by molar-refractivity contribution is 0.0935. The molecule has 0 fully saturated rings. The Balaban J connectivity index is 2.19. The minimum Gasteiger partial charge on any atom is -0.494 e. The van der Waals surface area contributed by atoms with E-state index >= 15 is 0 Å². The van der Waals surface area contributed by atoms with Crippen molar-refractivity contribution in [3.8, 4) is 22.7 Å². The summed E-state index contributed by atoms with van der Waals surface area (Å²) in [5, 5.41) is 11.8.